The smallest absolute Gasteiger partial charge is 0.416 e. The highest BCUT2D eigenvalue weighted by molar-refractivity contribution is 7.89. The lowest BCUT2D eigenvalue weighted by Gasteiger charge is -2.34. The Kier molecular flexibility index (Phi) is 6.63. The molecule has 1 fully saturated rings. The van der Waals surface area contributed by atoms with E-state index in [4.69, 9.17) is 0 Å². The summed E-state index contributed by atoms with van der Waals surface area (Å²) < 4.78 is 93.3. The lowest BCUT2D eigenvalue weighted by molar-refractivity contribution is -0.137. The highest BCUT2D eigenvalue weighted by atomic mass is 32.2. The van der Waals surface area contributed by atoms with E-state index in [0.29, 0.717) is 19.6 Å². The third kappa shape index (κ3) is 5.46. The standard InChI is InChI=1S/C19H19F5N2O3S/c20-18(21)29-16-5-1-14(2-6-16)13-25-9-11-26(12-10-25)30(27,28)17-7-3-15(4-8-17)19(22,23)24/h1-8,18H,9-13H2. The summed E-state index contributed by atoms with van der Waals surface area (Å²) in [6, 6.07) is 9.63. The molecule has 5 nitrogen and oxygen atoms in total. The van der Waals surface area contributed by atoms with Crippen LogP contribution in [0.5, 0.6) is 5.75 Å². The van der Waals surface area contributed by atoms with Crippen molar-refractivity contribution in [2.24, 2.45) is 0 Å². The largest absolute Gasteiger partial charge is 0.435 e. The van der Waals surface area contributed by atoms with Gasteiger partial charge in [0.25, 0.3) is 0 Å². The maximum atomic E-state index is 12.7. The third-order valence-corrected chi connectivity index (χ3v) is 6.62. The van der Waals surface area contributed by atoms with Crippen molar-refractivity contribution >= 4 is 10.0 Å². The second-order valence-corrected chi connectivity index (χ2v) is 8.66. The van der Waals surface area contributed by atoms with Gasteiger partial charge in [0.15, 0.2) is 0 Å². The van der Waals surface area contributed by atoms with Crippen molar-refractivity contribution in [3.05, 3.63) is 59.7 Å². The van der Waals surface area contributed by atoms with E-state index in [9.17, 15) is 30.4 Å². The molecule has 0 unspecified atom stereocenters. The minimum absolute atomic E-state index is 0.0567. The highest BCUT2D eigenvalue weighted by Crippen LogP contribution is 2.30. The van der Waals surface area contributed by atoms with Crippen LogP contribution in [0.3, 0.4) is 0 Å². The Hall–Kier alpha value is -2.24. The van der Waals surface area contributed by atoms with E-state index in [1.54, 1.807) is 12.1 Å². The molecule has 0 amide bonds. The molecule has 0 radical (unpaired) electrons. The van der Waals surface area contributed by atoms with E-state index >= 15 is 0 Å². The van der Waals surface area contributed by atoms with Gasteiger partial charge in [0.1, 0.15) is 5.75 Å². The number of sulfonamides is 1. The molecular weight excluding hydrogens is 431 g/mol. The number of hydrogen-bond donors (Lipinski definition) is 0. The Morgan fingerprint density at radius 3 is 1.97 bits per heavy atom. The Bertz CT molecular complexity index is 940. The predicted molar refractivity (Wildman–Crippen MR) is 98.6 cm³/mol. The number of benzene rings is 2. The van der Waals surface area contributed by atoms with Crippen molar-refractivity contribution in [3.63, 3.8) is 0 Å². The molecular formula is C19H19F5N2O3S. The summed E-state index contributed by atoms with van der Waals surface area (Å²) in [5, 5.41) is 0. The first kappa shape index (κ1) is 22.4. The molecule has 1 heterocycles. The molecule has 0 bridgehead atoms. The van der Waals surface area contributed by atoms with Gasteiger partial charge in [-0.1, -0.05) is 12.1 Å². The molecule has 164 valence electrons. The zero-order valence-electron chi connectivity index (χ0n) is 15.6. The van der Waals surface area contributed by atoms with Crippen molar-refractivity contribution in [1.82, 2.24) is 9.21 Å². The summed E-state index contributed by atoms with van der Waals surface area (Å²) in [4.78, 5) is 1.82. The number of piperazine rings is 1. The summed E-state index contributed by atoms with van der Waals surface area (Å²) in [5.74, 6) is 0.0567. The quantitative estimate of drug-likeness (QED) is 0.628. The van der Waals surface area contributed by atoms with Gasteiger partial charge in [-0.15, -0.1) is 0 Å². The van der Waals surface area contributed by atoms with Crippen LogP contribution in [-0.4, -0.2) is 50.4 Å². The molecule has 0 aliphatic carbocycles. The first-order chi connectivity index (χ1) is 14.1. The van der Waals surface area contributed by atoms with Gasteiger partial charge in [-0.25, -0.2) is 8.42 Å². The van der Waals surface area contributed by atoms with Crippen LogP contribution in [-0.2, 0) is 22.7 Å². The molecule has 1 aliphatic rings. The zero-order valence-corrected chi connectivity index (χ0v) is 16.5. The van der Waals surface area contributed by atoms with Crippen molar-refractivity contribution in [2.45, 2.75) is 24.2 Å². The van der Waals surface area contributed by atoms with Gasteiger partial charge < -0.3 is 4.74 Å². The van der Waals surface area contributed by atoms with E-state index in [1.165, 1.54) is 16.4 Å². The third-order valence-electron chi connectivity index (χ3n) is 4.71. The second-order valence-electron chi connectivity index (χ2n) is 6.72. The van der Waals surface area contributed by atoms with Crippen LogP contribution in [0.25, 0.3) is 0 Å². The van der Waals surface area contributed by atoms with E-state index in [-0.39, 0.29) is 23.7 Å². The summed E-state index contributed by atoms with van der Waals surface area (Å²) >= 11 is 0. The first-order valence-electron chi connectivity index (χ1n) is 8.99. The van der Waals surface area contributed by atoms with Gasteiger partial charge in [0.05, 0.1) is 10.5 Å². The van der Waals surface area contributed by atoms with Crippen molar-refractivity contribution in [3.8, 4) is 5.75 Å². The van der Waals surface area contributed by atoms with Crippen LogP contribution in [0.15, 0.2) is 53.4 Å². The molecule has 0 N–H and O–H groups in total. The van der Waals surface area contributed by atoms with Gasteiger partial charge in [-0.3, -0.25) is 4.90 Å². The van der Waals surface area contributed by atoms with Crippen LogP contribution in [0, 0.1) is 0 Å². The molecule has 0 atom stereocenters. The number of halogens is 5. The lowest BCUT2D eigenvalue weighted by Crippen LogP contribution is -2.48. The van der Waals surface area contributed by atoms with Crippen molar-refractivity contribution in [1.29, 1.82) is 0 Å². The SMILES string of the molecule is O=S(=O)(c1ccc(C(F)(F)F)cc1)N1CCN(Cc2ccc(OC(F)F)cc2)CC1. The number of nitrogens with zero attached hydrogens (tertiary/aromatic N) is 2. The summed E-state index contributed by atoms with van der Waals surface area (Å²) in [6.45, 7) is -1.16. The summed E-state index contributed by atoms with van der Waals surface area (Å²) in [6.07, 6.45) is -4.53. The van der Waals surface area contributed by atoms with Gasteiger partial charge in [-0.2, -0.15) is 26.3 Å². The van der Waals surface area contributed by atoms with Gasteiger partial charge >= 0.3 is 12.8 Å². The minimum atomic E-state index is -4.53. The van der Waals surface area contributed by atoms with Crippen LogP contribution in [0.1, 0.15) is 11.1 Å². The van der Waals surface area contributed by atoms with E-state index < -0.39 is 28.4 Å². The van der Waals surface area contributed by atoms with Crippen LogP contribution < -0.4 is 4.74 Å². The van der Waals surface area contributed by atoms with E-state index in [0.717, 1.165) is 29.8 Å². The van der Waals surface area contributed by atoms with Crippen LogP contribution in [0.2, 0.25) is 0 Å². The second kappa shape index (κ2) is 8.86. The minimum Gasteiger partial charge on any atom is -0.435 e. The number of ether oxygens (including phenoxy) is 1. The molecule has 0 aromatic heterocycles. The topological polar surface area (TPSA) is 49.9 Å². The van der Waals surface area contributed by atoms with Crippen LogP contribution in [0.4, 0.5) is 22.0 Å². The predicted octanol–water partition coefficient (Wildman–Crippen LogP) is 3.81. The van der Waals surface area contributed by atoms with Crippen LogP contribution >= 0.6 is 0 Å². The molecule has 30 heavy (non-hydrogen) atoms. The number of alkyl halides is 5. The Labute approximate surface area is 170 Å². The Morgan fingerprint density at radius 2 is 1.47 bits per heavy atom. The molecule has 2 aromatic rings. The molecule has 1 saturated heterocycles. The van der Waals surface area contributed by atoms with Crippen molar-refractivity contribution < 1.29 is 35.1 Å². The molecule has 2 aromatic carbocycles. The molecule has 1 aliphatic heterocycles. The number of rotatable bonds is 6. The number of hydrogen-bond acceptors (Lipinski definition) is 4. The lowest BCUT2D eigenvalue weighted by atomic mass is 10.2. The maximum absolute atomic E-state index is 12.7. The Balaban J connectivity index is 1.58. The normalized spacial score (nSPS) is 16.7. The fourth-order valence-electron chi connectivity index (χ4n) is 3.13. The zero-order chi connectivity index (χ0) is 21.9. The maximum Gasteiger partial charge on any atom is 0.416 e. The van der Waals surface area contributed by atoms with E-state index in [2.05, 4.69) is 4.74 Å². The first-order valence-corrected chi connectivity index (χ1v) is 10.4. The summed E-state index contributed by atoms with van der Waals surface area (Å²) in [7, 11) is -3.89. The van der Waals surface area contributed by atoms with E-state index in [1.807, 2.05) is 4.90 Å². The van der Waals surface area contributed by atoms with Gasteiger partial charge in [0, 0.05) is 32.7 Å². The molecule has 3 rings (SSSR count). The molecule has 11 heteroatoms. The fourth-order valence-corrected chi connectivity index (χ4v) is 4.55. The fraction of sp³-hybridized carbons (Fsp3) is 0.368. The highest BCUT2D eigenvalue weighted by Gasteiger charge is 2.32. The van der Waals surface area contributed by atoms with Gasteiger partial charge in [-0.05, 0) is 42.0 Å². The Morgan fingerprint density at radius 1 is 0.900 bits per heavy atom. The molecule has 0 spiro atoms. The molecule has 0 saturated carbocycles. The van der Waals surface area contributed by atoms with Gasteiger partial charge in [0.2, 0.25) is 10.0 Å². The average Bonchev–Trinajstić information content (AvgIpc) is 2.69. The monoisotopic (exact) mass is 450 g/mol. The van der Waals surface area contributed by atoms with Crippen molar-refractivity contribution in [2.75, 3.05) is 26.2 Å². The average molecular weight is 450 g/mol. The summed E-state index contributed by atoms with van der Waals surface area (Å²) in [5.41, 5.74) is -0.0492.